The van der Waals surface area contributed by atoms with Gasteiger partial charge in [0.25, 0.3) is 0 Å². The van der Waals surface area contributed by atoms with Gasteiger partial charge in [-0.15, -0.1) is 11.8 Å². The third-order valence-corrected chi connectivity index (χ3v) is 3.57. The lowest BCUT2D eigenvalue weighted by Gasteiger charge is -2.06. The first kappa shape index (κ1) is 13.4. The molecule has 19 heavy (non-hydrogen) atoms. The van der Waals surface area contributed by atoms with Gasteiger partial charge in [-0.2, -0.15) is 4.98 Å². The molecule has 0 aliphatic rings. The van der Waals surface area contributed by atoms with Crippen molar-refractivity contribution >= 4 is 17.7 Å². The van der Waals surface area contributed by atoms with E-state index in [0.717, 1.165) is 5.56 Å². The van der Waals surface area contributed by atoms with Gasteiger partial charge in [-0.1, -0.05) is 30.3 Å². The van der Waals surface area contributed by atoms with Crippen molar-refractivity contribution in [1.29, 1.82) is 0 Å². The number of H-pyrrole nitrogens is 1. The fraction of sp³-hybridized carbons (Fsp3) is 0.154. The normalized spacial score (nSPS) is 10.4. The molecule has 0 radical (unpaired) electrons. The highest BCUT2D eigenvalue weighted by Crippen LogP contribution is 2.24. The summed E-state index contributed by atoms with van der Waals surface area (Å²) in [6.45, 7) is 1.55. The standard InChI is InChI=1S/C13H12N2O3S/c1-8-10(12(16)17)11(15-13(18)14-8)19-7-9-5-3-2-4-6-9/h2-6H,7H2,1H3,(H,16,17)(H,14,15,18). The Morgan fingerprint density at radius 1 is 1.37 bits per heavy atom. The average molecular weight is 276 g/mol. The number of hydrogen-bond acceptors (Lipinski definition) is 4. The molecule has 6 heteroatoms. The van der Waals surface area contributed by atoms with Crippen molar-refractivity contribution in [2.24, 2.45) is 0 Å². The molecule has 1 aromatic carbocycles. The number of hydrogen-bond donors (Lipinski definition) is 2. The zero-order valence-corrected chi connectivity index (χ0v) is 11.0. The fourth-order valence-corrected chi connectivity index (χ4v) is 2.67. The van der Waals surface area contributed by atoms with Crippen LogP contribution in [-0.4, -0.2) is 21.0 Å². The highest BCUT2D eigenvalue weighted by Gasteiger charge is 2.16. The summed E-state index contributed by atoms with van der Waals surface area (Å²) in [4.78, 5) is 28.7. The van der Waals surface area contributed by atoms with Gasteiger partial charge in [0, 0.05) is 11.4 Å². The third-order valence-electron chi connectivity index (χ3n) is 2.52. The predicted molar refractivity (Wildman–Crippen MR) is 72.6 cm³/mol. The van der Waals surface area contributed by atoms with Gasteiger partial charge < -0.3 is 10.1 Å². The first-order valence-corrected chi connectivity index (χ1v) is 6.57. The second kappa shape index (κ2) is 5.71. The maximum Gasteiger partial charge on any atom is 0.346 e. The van der Waals surface area contributed by atoms with E-state index in [1.54, 1.807) is 6.92 Å². The summed E-state index contributed by atoms with van der Waals surface area (Å²) < 4.78 is 0. The summed E-state index contributed by atoms with van der Waals surface area (Å²) in [5.74, 6) is -0.520. The van der Waals surface area contributed by atoms with Crippen LogP contribution >= 0.6 is 11.8 Å². The molecular formula is C13H12N2O3S. The molecule has 5 nitrogen and oxygen atoms in total. The Balaban J connectivity index is 2.29. The van der Waals surface area contributed by atoms with E-state index in [-0.39, 0.29) is 10.6 Å². The molecule has 0 saturated heterocycles. The van der Waals surface area contributed by atoms with Crippen molar-refractivity contribution in [2.75, 3.05) is 0 Å². The number of benzene rings is 1. The van der Waals surface area contributed by atoms with E-state index in [0.29, 0.717) is 11.4 Å². The average Bonchev–Trinajstić information content (AvgIpc) is 2.36. The summed E-state index contributed by atoms with van der Waals surface area (Å²) >= 11 is 1.24. The SMILES string of the molecule is Cc1[nH]c(=O)nc(SCc2ccccc2)c1C(=O)O. The minimum Gasteiger partial charge on any atom is -0.478 e. The topological polar surface area (TPSA) is 83.0 Å². The molecule has 2 rings (SSSR count). The van der Waals surface area contributed by atoms with Crippen molar-refractivity contribution in [1.82, 2.24) is 9.97 Å². The molecule has 98 valence electrons. The third kappa shape index (κ3) is 3.23. The number of carboxylic acid groups (broad SMARTS) is 1. The second-order valence-electron chi connectivity index (χ2n) is 3.93. The van der Waals surface area contributed by atoms with Crippen molar-refractivity contribution < 1.29 is 9.90 Å². The molecule has 0 spiro atoms. The van der Waals surface area contributed by atoms with E-state index < -0.39 is 11.7 Å². The number of aryl methyl sites for hydroxylation is 1. The van der Waals surface area contributed by atoms with Crippen LogP contribution in [0.3, 0.4) is 0 Å². The van der Waals surface area contributed by atoms with Gasteiger partial charge in [-0.05, 0) is 12.5 Å². The van der Waals surface area contributed by atoms with Gasteiger partial charge >= 0.3 is 11.7 Å². The molecule has 2 N–H and O–H groups in total. The number of carbonyl (C=O) groups is 1. The van der Waals surface area contributed by atoms with E-state index >= 15 is 0 Å². The van der Waals surface area contributed by atoms with E-state index in [1.165, 1.54) is 11.8 Å². The Labute approximate surface area is 113 Å². The Morgan fingerprint density at radius 2 is 2.05 bits per heavy atom. The number of nitrogens with one attached hydrogen (secondary N) is 1. The second-order valence-corrected chi connectivity index (χ2v) is 4.89. The van der Waals surface area contributed by atoms with Crippen LogP contribution in [0.4, 0.5) is 0 Å². The zero-order chi connectivity index (χ0) is 13.8. The smallest absolute Gasteiger partial charge is 0.346 e. The molecule has 1 heterocycles. The highest BCUT2D eigenvalue weighted by atomic mass is 32.2. The van der Waals surface area contributed by atoms with Gasteiger partial charge in [-0.3, -0.25) is 0 Å². The molecular weight excluding hydrogens is 264 g/mol. The Hall–Kier alpha value is -2.08. The summed E-state index contributed by atoms with van der Waals surface area (Å²) in [5.41, 5.74) is 0.894. The van der Waals surface area contributed by atoms with Crippen molar-refractivity contribution in [3.05, 3.63) is 57.6 Å². The van der Waals surface area contributed by atoms with Crippen molar-refractivity contribution in [3.63, 3.8) is 0 Å². The van der Waals surface area contributed by atoms with Gasteiger partial charge in [0.2, 0.25) is 0 Å². The number of aromatic amines is 1. The summed E-state index contributed by atoms with van der Waals surface area (Å²) in [5, 5.41) is 9.41. The maximum atomic E-state index is 11.3. The van der Waals surface area contributed by atoms with Crippen LogP contribution in [0.2, 0.25) is 0 Å². The minimum atomic E-state index is -1.09. The van der Waals surface area contributed by atoms with Crippen LogP contribution in [0.25, 0.3) is 0 Å². The number of aromatic carboxylic acids is 1. The van der Waals surface area contributed by atoms with Gasteiger partial charge in [0.15, 0.2) is 0 Å². The number of nitrogens with zero attached hydrogens (tertiary/aromatic N) is 1. The molecule has 2 aromatic rings. The summed E-state index contributed by atoms with van der Waals surface area (Å²) in [7, 11) is 0. The fourth-order valence-electron chi connectivity index (χ4n) is 1.64. The Morgan fingerprint density at radius 3 is 2.68 bits per heavy atom. The van der Waals surface area contributed by atoms with E-state index in [1.807, 2.05) is 30.3 Å². The van der Waals surface area contributed by atoms with Gasteiger partial charge in [-0.25, -0.2) is 9.59 Å². The minimum absolute atomic E-state index is 0.0560. The highest BCUT2D eigenvalue weighted by molar-refractivity contribution is 7.98. The largest absolute Gasteiger partial charge is 0.478 e. The molecule has 0 atom stereocenters. The summed E-state index contributed by atoms with van der Waals surface area (Å²) in [6, 6.07) is 9.60. The van der Waals surface area contributed by atoms with Crippen LogP contribution in [0.15, 0.2) is 40.2 Å². The molecule has 0 unspecified atom stereocenters. The van der Waals surface area contributed by atoms with E-state index in [4.69, 9.17) is 5.11 Å². The maximum absolute atomic E-state index is 11.3. The van der Waals surface area contributed by atoms with Crippen LogP contribution < -0.4 is 5.69 Å². The first-order valence-electron chi connectivity index (χ1n) is 5.59. The number of aromatic nitrogens is 2. The zero-order valence-electron chi connectivity index (χ0n) is 10.2. The van der Waals surface area contributed by atoms with E-state index in [9.17, 15) is 9.59 Å². The molecule has 1 aromatic heterocycles. The number of carboxylic acids is 1. The first-order chi connectivity index (χ1) is 9.08. The molecule has 0 bridgehead atoms. The lowest BCUT2D eigenvalue weighted by molar-refractivity contribution is 0.0690. The van der Waals surface area contributed by atoms with Crippen LogP contribution in [0.1, 0.15) is 21.6 Å². The molecule has 0 amide bonds. The molecule has 0 aliphatic carbocycles. The number of rotatable bonds is 4. The van der Waals surface area contributed by atoms with Crippen molar-refractivity contribution in [3.8, 4) is 0 Å². The van der Waals surface area contributed by atoms with Gasteiger partial charge in [0.05, 0.1) is 0 Å². The lowest BCUT2D eigenvalue weighted by Crippen LogP contribution is -2.18. The van der Waals surface area contributed by atoms with Crippen molar-refractivity contribution in [2.45, 2.75) is 17.7 Å². The Kier molecular flexibility index (Phi) is 4.01. The van der Waals surface area contributed by atoms with Gasteiger partial charge in [0.1, 0.15) is 10.6 Å². The molecule has 0 aliphatic heterocycles. The van der Waals surface area contributed by atoms with Crippen LogP contribution in [0.5, 0.6) is 0 Å². The van der Waals surface area contributed by atoms with Crippen LogP contribution in [-0.2, 0) is 5.75 Å². The Bertz CT molecular complexity index is 653. The monoisotopic (exact) mass is 276 g/mol. The summed E-state index contributed by atoms with van der Waals surface area (Å²) in [6.07, 6.45) is 0. The number of thioether (sulfide) groups is 1. The quantitative estimate of drug-likeness (QED) is 0.659. The molecule has 0 saturated carbocycles. The van der Waals surface area contributed by atoms with E-state index in [2.05, 4.69) is 9.97 Å². The van der Waals surface area contributed by atoms with Crippen LogP contribution in [0, 0.1) is 6.92 Å². The predicted octanol–water partition coefficient (Wildman–Crippen LogP) is 2.07. The molecule has 0 fully saturated rings. The lowest BCUT2D eigenvalue weighted by atomic mass is 10.2.